The number of aromatic nitrogens is 2. The third-order valence-corrected chi connectivity index (χ3v) is 5.18. The Morgan fingerprint density at radius 3 is 2.36 bits per heavy atom. The molecule has 0 spiro atoms. The van der Waals surface area contributed by atoms with E-state index in [1.54, 1.807) is 0 Å². The van der Waals surface area contributed by atoms with Crippen molar-refractivity contribution in [3.05, 3.63) is 85.1 Å². The lowest BCUT2D eigenvalue weighted by molar-refractivity contribution is 1.25. The van der Waals surface area contributed by atoms with Gasteiger partial charge in [0.15, 0.2) is 0 Å². The summed E-state index contributed by atoms with van der Waals surface area (Å²) in [4.78, 5) is 4.75. The largest absolute Gasteiger partial charge is 0.293 e. The van der Waals surface area contributed by atoms with Gasteiger partial charge in [-0.2, -0.15) is 0 Å². The molecule has 0 atom stereocenters. The molecule has 3 aromatic heterocycles. The molecule has 0 aliphatic rings. The Bertz CT molecular complexity index is 1440. The molecule has 0 saturated heterocycles. The third-order valence-electron chi connectivity index (χ3n) is 5.18. The average Bonchev–Trinajstić information content (AvgIpc) is 3.07. The van der Waals surface area contributed by atoms with Crippen molar-refractivity contribution < 1.29 is 0 Å². The summed E-state index contributed by atoms with van der Waals surface area (Å²) in [6, 6.07) is 28.1. The molecule has 0 bridgehead atoms. The Morgan fingerprint density at radius 2 is 1.40 bits per heavy atom. The smallest absolute Gasteiger partial charge is 0.145 e. The number of pyridine rings is 2. The van der Waals surface area contributed by atoms with E-state index in [0.717, 1.165) is 5.65 Å². The van der Waals surface area contributed by atoms with E-state index >= 15 is 0 Å². The maximum Gasteiger partial charge on any atom is 0.145 e. The Morgan fingerprint density at radius 1 is 0.600 bits per heavy atom. The Kier molecular flexibility index (Phi) is 2.37. The number of rotatable bonds is 0. The Hall–Kier alpha value is -3.39. The molecule has 6 rings (SSSR count). The SMILES string of the molecule is c1ccc2c(c1)ccc1c2c2cccnc2n2c3ccccc3cc12. The van der Waals surface area contributed by atoms with Gasteiger partial charge in [0.25, 0.3) is 0 Å². The van der Waals surface area contributed by atoms with Gasteiger partial charge in [0.1, 0.15) is 5.65 Å². The zero-order chi connectivity index (χ0) is 16.4. The monoisotopic (exact) mass is 318 g/mol. The first-order valence-electron chi connectivity index (χ1n) is 8.50. The normalized spacial score (nSPS) is 12.0. The first-order chi connectivity index (χ1) is 12.4. The van der Waals surface area contributed by atoms with Crippen LogP contribution in [0.4, 0.5) is 0 Å². The highest BCUT2D eigenvalue weighted by molar-refractivity contribution is 6.24. The van der Waals surface area contributed by atoms with E-state index in [2.05, 4.69) is 77.2 Å². The molecule has 0 radical (unpaired) electrons. The summed E-state index contributed by atoms with van der Waals surface area (Å²) in [6.45, 7) is 0. The topological polar surface area (TPSA) is 17.3 Å². The van der Waals surface area contributed by atoms with Crippen LogP contribution in [0.2, 0.25) is 0 Å². The third kappa shape index (κ3) is 1.61. The molecule has 25 heavy (non-hydrogen) atoms. The molecule has 0 N–H and O–H groups in total. The van der Waals surface area contributed by atoms with Gasteiger partial charge in [-0.05, 0) is 35.0 Å². The molecule has 3 heterocycles. The van der Waals surface area contributed by atoms with E-state index in [0.29, 0.717) is 0 Å². The van der Waals surface area contributed by atoms with Gasteiger partial charge in [-0.3, -0.25) is 4.40 Å². The van der Waals surface area contributed by atoms with Crippen molar-refractivity contribution in [3.8, 4) is 0 Å². The van der Waals surface area contributed by atoms with E-state index in [-0.39, 0.29) is 0 Å². The number of para-hydroxylation sites is 1. The summed E-state index contributed by atoms with van der Waals surface area (Å²) in [6.07, 6.45) is 1.88. The summed E-state index contributed by atoms with van der Waals surface area (Å²) in [5.74, 6) is 0. The first-order valence-corrected chi connectivity index (χ1v) is 8.50. The number of hydrogen-bond donors (Lipinski definition) is 0. The number of hydrogen-bond acceptors (Lipinski definition) is 1. The first kappa shape index (κ1) is 13.0. The van der Waals surface area contributed by atoms with Crippen LogP contribution in [0.5, 0.6) is 0 Å². The number of fused-ring (bicyclic) bond motifs is 10. The lowest BCUT2D eigenvalue weighted by atomic mass is 9.99. The average molecular weight is 318 g/mol. The molecule has 6 aromatic rings. The molecular formula is C23H14N2. The summed E-state index contributed by atoms with van der Waals surface area (Å²) >= 11 is 0. The Labute approximate surface area is 143 Å². The number of benzene rings is 3. The van der Waals surface area contributed by atoms with Gasteiger partial charge >= 0.3 is 0 Å². The Balaban J connectivity index is 2.06. The van der Waals surface area contributed by atoms with E-state index < -0.39 is 0 Å². The molecule has 0 fully saturated rings. The van der Waals surface area contributed by atoms with Crippen LogP contribution in [-0.2, 0) is 0 Å². The van der Waals surface area contributed by atoms with Gasteiger partial charge < -0.3 is 0 Å². The van der Waals surface area contributed by atoms with E-state index in [1.165, 1.54) is 43.4 Å². The maximum atomic E-state index is 4.75. The standard InChI is InChI=1S/C23H14N2/c1-3-8-17-15(6-1)11-12-18-21-14-16-7-2-4-10-20(16)25(21)23-19(22(17)18)9-5-13-24-23/h1-14H. The van der Waals surface area contributed by atoms with Crippen LogP contribution in [0.1, 0.15) is 0 Å². The summed E-state index contributed by atoms with van der Waals surface area (Å²) in [5.41, 5.74) is 3.44. The molecule has 0 aliphatic heterocycles. The summed E-state index contributed by atoms with van der Waals surface area (Å²) < 4.78 is 2.29. The zero-order valence-corrected chi connectivity index (χ0v) is 13.5. The molecule has 0 aliphatic carbocycles. The lowest BCUT2D eigenvalue weighted by Gasteiger charge is -2.11. The van der Waals surface area contributed by atoms with Crippen LogP contribution in [0.15, 0.2) is 85.1 Å². The minimum atomic E-state index is 1.02. The number of nitrogens with zero attached hydrogens (tertiary/aromatic N) is 2. The minimum Gasteiger partial charge on any atom is -0.293 e. The quantitative estimate of drug-likeness (QED) is 0.316. The van der Waals surface area contributed by atoms with Crippen LogP contribution in [-0.4, -0.2) is 9.38 Å². The van der Waals surface area contributed by atoms with Crippen LogP contribution in [0.25, 0.3) is 49.0 Å². The molecule has 0 unspecified atom stereocenters. The van der Waals surface area contributed by atoms with Crippen LogP contribution in [0.3, 0.4) is 0 Å². The summed E-state index contributed by atoms with van der Waals surface area (Å²) in [5, 5.41) is 7.55. The summed E-state index contributed by atoms with van der Waals surface area (Å²) in [7, 11) is 0. The predicted octanol–water partition coefficient (Wildman–Crippen LogP) is 5.95. The second-order valence-corrected chi connectivity index (χ2v) is 6.51. The molecule has 2 heteroatoms. The second-order valence-electron chi connectivity index (χ2n) is 6.51. The van der Waals surface area contributed by atoms with Crippen molar-refractivity contribution in [2.75, 3.05) is 0 Å². The van der Waals surface area contributed by atoms with Crippen LogP contribution < -0.4 is 0 Å². The fraction of sp³-hybridized carbons (Fsp3) is 0. The van der Waals surface area contributed by atoms with Crippen LogP contribution >= 0.6 is 0 Å². The van der Waals surface area contributed by atoms with Crippen molar-refractivity contribution in [2.24, 2.45) is 0 Å². The molecule has 3 aromatic carbocycles. The van der Waals surface area contributed by atoms with E-state index in [4.69, 9.17) is 4.98 Å². The van der Waals surface area contributed by atoms with E-state index in [1.807, 2.05) is 12.3 Å². The molecule has 0 amide bonds. The maximum absolute atomic E-state index is 4.75. The van der Waals surface area contributed by atoms with Gasteiger partial charge in [0.2, 0.25) is 0 Å². The van der Waals surface area contributed by atoms with Crippen molar-refractivity contribution in [1.29, 1.82) is 0 Å². The van der Waals surface area contributed by atoms with Crippen molar-refractivity contribution in [1.82, 2.24) is 9.38 Å². The van der Waals surface area contributed by atoms with Crippen molar-refractivity contribution in [2.45, 2.75) is 0 Å². The highest BCUT2D eigenvalue weighted by Crippen LogP contribution is 2.36. The molecule has 2 nitrogen and oxygen atoms in total. The van der Waals surface area contributed by atoms with Gasteiger partial charge in [0, 0.05) is 27.7 Å². The molecular weight excluding hydrogens is 304 g/mol. The molecule has 116 valence electrons. The van der Waals surface area contributed by atoms with Crippen LogP contribution in [0, 0.1) is 0 Å². The zero-order valence-electron chi connectivity index (χ0n) is 13.5. The van der Waals surface area contributed by atoms with Gasteiger partial charge in [-0.25, -0.2) is 4.98 Å². The van der Waals surface area contributed by atoms with Gasteiger partial charge in [0.05, 0.1) is 11.0 Å². The van der Waals surface area contributed by atoms with Crippen molar-refractivity contribution in [3.63, 3.8) is 0 Å². The highest BCUT2D eigenvalue weighted by atomic mass is 15.0. The van der Waals surface area contributed by atoms with Gasteiger partial charge in [-0.15, -0.1) is 0 Å². The van der Waals surface area contributed by atoms with Gasteiger partial charge in [-0.1, -0.05) is 54.6 Å². The predicted molar refractivity (Wildman–Crippen MR) is 105 cm³/mol. The second kappa shape index (κ2) is 4.58. The van der Waals surface area contributed by atoms with Crippen molar-refractivity contribution >= 4 is 49.0 Å². The lowest BCUT2D eigenvalue weighted by Crippen LogP contribution is -1.93. The van der Waals surface area contributed by atoms with E-state index in [9.17, 15) is 0 Å². The minimum absolute atomic E-state index is 1.02. The fourth-order valence-corrected chi connectivity index (χ4v) is 4.13. The fourth-order valence-electron chi connectivity index (χ4n) is 4.13. The molecule has 0 saturated carbocycles. The highest BCUT2D eigenvalue weighted by Gasteiger charge is 2.14.